The first-order valence-corrected chi connectivity index (χ1v) is 15.4. The number of epoxide rings is 1. The third kappa shape index (κ3) is 3.76. The van der Waals surface area contributed by atoms with Crippen molar-refractivity contribution in [1.29, 1.82) is 0 Å². The van der Waals surface area contributed by atoms with E-state index < -0.39 is 107 Å². The Balaban J connectivity index is 1.36. The third-order valence-electron chi connectivity index (χ3n) is 12.1. The number of ketones is 1. The summed E-state index contributed by atoms with van der Waals surface area (Å²) in [5.74, 6) is -3.06. The van der Waals surface area contributed by atoms with Crippen LogP contribution in [0, 0.1) is 22.7 Å². The lowest BCUT2D eigenvalue weighted by molar-refractivity contribution is -0.328. The summed E-state index contributed by atoms with van der Waals surface area (Å²) in [6.45, 7) is 6.52. The Morgan fingerprint density at radius 1 is 1.04 bits per heavy atom. The molecule has 14 nitrogen and oxygen atoms in total. The molecule has 6 aliphatic rings. The molecule has 6 fully saturated rings. The fourth-order valence-corrected chi connectivity index (χ4v) is 10.1. The standard InChI is InChI=1S/C31H40O14/c1-27(2)16-9-17(33)29(4)15(30(16)18(43-27)10-19(34)44-30)5-7-28(3,31(29)24(45-31)25(38)39)23(13-6-8-40-12-13)42-26-22(37)21(36)20(35)14(11-32)41-26/h6,8,12,14-16,18,20-24,26,32,35-37H,5,7,9-11H2,1-4H3,(H,38,39). The van der Waals surface area contributed by atoms with Gasteiger partial charge in [-0.15, -0.1) is 0 Å². The third-order valence-corrected chi connectivity index (χ3v) is 12.1. The van der Waals surface area contributed by atoms with E-state index >= 15 is 0 Å². The minimum Gasteiger partial charge on any atom is -0.479 e. The van der Waals surface area contributed by atoms with Crippen LogP contribution < -0.4 is 0 Å². The van der Waals surface area contributed by atoms with Crippen LogP contribution in [0.1, 0.15) is 65.0 Å². The molecule has 14 unspecified atom stereocenters. The number of carbonyl (C=O) groups is 3. The Hall–Kier alpha value is -2.43. The largest absolute Gasteiger partial charge is 0.479 e. The molecule has 5 N–H and O–H groups in total. The Kier molecular flexibility index (Phi) is 6.79. The fourth-order valence-electron chi connectivity index (χ4n) is 10.1. The second-order valence-electron chi connectivity index (χ2n) is 14.5. The highest BCUT2D eigenvalue weighted by Crippen LogP contribution is 2.77. The molecule has 0 amide bonds. The number of rotatable bonds is 6. The van der Waals surface area contributed by atoms with Crippen LogP contribution in [0.5, 0.6) is 0 Å². The molecular weight excluding hydrogens is 596 g/mol. The van der Waals surface area contributed by atoms with Gasteiger partial charge in [-0.05, 0) is 39.7 Å². The van der Waals surface area contributed by atoms with Crippen LogP contribution in [0.2, 0.25) is 0 Å². The quantitative estimate of drug-likeness (QED) is 0.209. The number of aliphatic carboxylic acids is 1. The highest BCUT2D eigenvalue weighted by Gasteiger charge is 2.89. The zero-order valence-electron chi connectivity index (χ0n) is 25.5. The van der Waals surface area contributed by atoms with Gasteiger partial charge < -0.3 is 53.6 Å². The topological polar surface area (TPSA) is 215 Å². The molecule has 2 saturated carbocycles. The van der Waals surface area contributed by atoms with Crippen molar-refractivity contribution >= 4 is 17.7 Å². The number of fused-ring (bicyclic) bond motifs is 2. The molecule has 45 heavy (non-hydrogen) atoms. The number of carbonyl (C=O) groups excluding carboxylic acids is 2. The van der Waals surface area contributed by atoms with Gasteiger partial charge in [0.05, 0.1) is 42.7 Å². The van der Waals surface area contributed by atoms with E-state index in [4.69, 9.17) is 28.1 Å². The normalized spacial score (nSPS) is 50.4. The number of Topliss-reactive ketones (excluding diaryl/α,β-unsaturated/α-hetero) is 1. The predicted octanol–water partition coefficient (Wildman–Crippen LogP) is 0.234. The van der Waals surface area contributed by atoms with Crippen LogP contribution in [-0.4, -0.2) is 110 Å². The first kappa shape index (κ1) is 31.2. The van der Waals surface area contributed by atoms with Gasteiger partial charge in [0.15, 0.2) is 12.4 Å². The lowest BCUT2D eigenvalue weighted by Gasteiger charge is -2.62. The van der Waals surface area contributed by atoms with Crippen molar-refractivity contribution in [2.45, 2.75) is 119 Å². The monoisotopic (exact) mass is 636 g/mol. The van der Waals surface area contributed by atoms with E-state index in [9.17, 15) is 39.9 Å². The Morgan fingerprint density at radius 3 is 2.40 bits per heavy atom. The maximum atomic E-state index is 14.6. The molecule has 5 heterocycles. The van der Waals surface area contributed by atoms with E-state index in [2.05, 4.69) is 0 Å². The smallest absolute Gasteiger partial charge is 0.335 e. The first-order chi connectivity index (χ1) is 21.1. The van der Waals surface area contributed by atoms with E-state index in [1.807, 2.05) is 13.8 Å². The number of carboxylic acid groups (broad SMARTS) is 1. The van der Waals surface area contributed by atoms with Gasteiger partial charge in [-0.25, -0.2) is 4.79 Å². The van der Waals surface area contributed by atoms with Crippen molar-refractivity contribution in [2.75, 3.05) is 6.61 Å². The Labute approximate surface area is 258 Å². The minimum atomic E-state index is -1.74. The highest BCUT2D eigenvalue weighted by molar-refractivity contribution is 5.93. The van der Waals surface area contributed by atoms with Gasteiger partial charge >= 0.3 is 11.9 Å². The summed E-state index contributed by atoms with van der Waals surface area (Å²) in [6.07, 6.45) is -7.82. The van der Waals surface area contributed by atoms with Crippen LogP contribution in [0.4, 0.5) is 0 Å². The molecule has 7 rings (SSSR count). The van der Waals surface area contributed by atoms with Gasteiger partial charge in [0.2, 0.25) is 0 Å². The van der Waals surface area contributed by atoms with Crippen LogP contribution in [0.15, 0.2) is 23.0 Å². The maximum absolute atomic E-state index is 14.6. The molecule has 0 aromatic carbocycles. The lowest BCUT2D eigenvalue weighted by atomic mass is 9.40. The van der Waals surface area contributed by atoms with Crippen LogP contribution >= 0.6 is 0 Å². The number of furan rings is 1. The molecule has 0 radical (unpaired) electrons. The van der Waals surface area contributed by atoms with E-state index in [1.165, 1.54) is 12.5 Å². The molecule has 4 saturated heterocycles. The summed E-state index contributed by atoms with van der Waals surface area (Å²) >= 11 is 0. The van der Waals surface area contributed by atoms with E-state index in [0.29, 0.717) is 12.0 Å². The summed E-state index contributed by atoms with van der Waals surface area (Å²) < 4.78 is 36.4. The maximum Gasteiger partial charge on any atom is 0.335 e. The average molecular weight is 637 g/mol. The van der Waals surface area contributed by atoms with Gasteiger partial charge in [-0.2, -0.15) is 0 Å². The number of aliphatic hydroxyl groups excluding tert-OH is 4. The molecule has 14 atom stereocenters. The molecular formula is C31H40O14. The van der Waals surface area contributed by atoms with Crippen LogP contribution in [0.25, 0.3) is 0 Å². The summed E-state index contributed by atoms with van der Waals surface area (Å²) in [6, 6.07) is 1.60. The SMILES string of the molecule is CC1(C)OC2CC(=O)OC23C1CC(=O)C1(C)C3CCC(C)(C(OC2OC(CO)C(O)C(O)C2O)c2ccoc2)C12OC2C(=O)O. The van der Waals surface area contributed by atoms with Crippen LogP contribution in [-0.2, 0) is 38.1 Å². The Morgan fingerprint density at radius 2 is 1.78 bits per heavy atom. The molecule has 4 aliphatic heterocycles. The molecule has 0 bridgehead atoms. The van der Waals surface area contributed by atoms with E-state index in [1.54, 1.807) is 19.9 Å². The number of hydrogen-bond donors (Lipinski definition) is 5. The number of esters is 1. The van der Waals surface area contributed by atoms with Crippen molar-refractivity contribution in [3.05, 3.63) is 24.2 Å². The minimum absolute atomic E-state index is 0.0199. The second kappa shape index (κ2) is 9.80. The summed E-state index contributed by atoms with van der Waals surface area (Å²) in [5, 5.41) is 51.9. The number of hydrogen-bond acceptors (Lipinski definition) is 13. The van der Waals surface area contributed by atoms with Crippen molar-refractivity contribution in [2.24, 2.45) is 22.7 Å². The molecule has 2 spiro atoms. The van der Waals surface area contributed by atoms with Gasteiger partial charge in [-0.1, -0.05) is 6.92 Å². The molecule has 1 aromatic rings. The molecule has 2 aliphatic carbocycles. The fraction of sp³-hybridized carbons (Fsp3) is 0.774. The molecule has 248 valence electrons. The Bertz CT molecular complexity index is 1390. The zero-order valence-corrected chi connectivity index (χ0v) is 25.5. The number of aliphatic hydroxyl groups is 4. The lowest BCUT2D eigenvalue weighted by Crippen LogP contribution is -2.72. The van der Waals surface area contributed by atoms with Crippen molar-refractivity contribution in [1.82, 2.24) is 0 Å². The van der Waals surface area contributed by atoms with Crippen molar-refractivity contribution in [3.63, 3.8) is 0 Å². The van der Waals surface area contributed by atoms with Gasteiger partial charge in [0.25, 0.3) is 0 Å². The first-order valence-electron chi connectivity index (χ1n) is 15.4. The molecule has 14 heteroatoms. The molecule has 1 aromatic heterocycles. The van der Waals surface area contributed by atoms with Gasteiger partial charge in [-0.3, -0.25) is 9.59 Å². The predicted molar refractivity (Wildman–Crippen MR) is 146 cm³/mol. The van der Waals surface area contributed by atoms with Crippen LogP contribution in [0.3, 0.4) is 0 Å². The summed E-state index contributed by atoms with van der Waals surface area (Å²) in [4.78, 5) is 40.2. The van der Waals surface area contributed by atoms with E-state index in [-0.39, 0.29) is 25.0 Å². The van der Waals surface area contributed by atoms with Gasteiger partial charge in [0.1, 0.15) is 47.5 Å². The highest BCUT2D eigenvalue weighted by atomic mass is 16.7. The van der Waals surface area contributed by atoms with Crippen molar-refractivity contribution in [3.8, 4) is 0 Å². The summed E-state index contributed by atoms with van der Waals surface area (Å²) in [7, 11) is 0. The summed E-state index contributed by atoms with van der Waals surface area (Å²) in [5.41, 5.74) is -6.02. The van der Waals surface area contributed by atoms with Gasteiger partial charge in [0, 0.05) is 29.2 Å². The average Bonchev–Trinajstić information content (AvgIpc) is 3.28. The number of carboxylic acids is 1. The van der Waals surface area contributed by atoms with Crippen molar-refractivity contribution < 1.29 is 68.0 Å². The number of ether oxygens (including phenoxy) is 5. The second-order valence-corrected chi connectivity index (χ2v) is 14.5. The van der Waals surface area contributed by atoms with E-state index in [0.717, 1.165) is 0 Å². The zero-order chi connectivity index (χ0) is 32.5.